The van der Waals surface area contributed by atoms with Crippen LogP contribution in [0.1, 0.15) is 20.3 Å². The first kappa shape index (κ1) is 10.2. The van der Waals surface area contributed by atoms with Crippen molar-refractivity contribution in [2.75, 3.05) is 6.61 Å². The summed E-state index contributed by atoms with van der Waals surface area (Å²) in [6.07, 6.45) is 0.0296. The summed E-state index contributed by atoms with van der Waals surface area (Å²) in [7, 11) is 0. The van der Waals surface area contributed by atoms with E-state index in [2.05, 4.69) is 11.3 Å². The van der Waals surface area contributed by atoms with Gasteiger partial charge in [-0.05, 0) is 13.3 Å². The molecule has 0 bridgehead atoms. The molecule has 0 radical (unpaired) electrons. The van der Waals surface area contributed by atoms with Crippen LogP contribution in [-0.2, 0) is 9.53 Å². The molecule has 11 heavy (non-hydrogen) atoms. The summed E-state index contributed by atoms with van der Waals surface area (Å²) in [6.45, 7) is 6.85. The molecule has 1 N–H and O–H groups in total. The standard InChI is InChI=1S/C8H14O3/c1-4-7(9)5-11-8(10)6(2)3/h7,9H,2,4-5H2,1,3H3/t7-/m1/s1. The van der Waals surface area contributed by atoms with Gasteiger partial charge in [-0.15, -0.1) is 0 Å². The third kappa shape index (κ3) is 4.56. The number of ether oxygens (including phenoxy) is 1. The number of hydrogen-bond acceptors (Lipinski definition) is 3. The van der Waals surface area contributed by atoms with Crippen LogP contribution in [0.5, 0.6) is 0 Å². The van der Waals surface area contributed by atoms with Gasteiger partial charge in [0.2, 0.25) is 0 Å². The molecule has 0 unspecified atom stereocenters. The van der Waals surface area contributed by atoms with Crippen LogP contribution < -0.4 is 0 Å². The van der Waals surface area contributed by atoms with Gasteiger partial charge in [0.1, 0.15) is 6.61 Å². The molecule has 0 saturated carbocycles. The molecule has 0 spiro atoms. The van der Waals surface area contributed by atoms with Gasteiger partial charge in [0.15, 0.2) is 0 Å². The summed E-state index contributed by atoms with van der Waals surface area (Å²) >= 11 is 0. The molecule has 0 aliphatic rings. The van der Waals surface area contributed by atoms with Crippen molar-refractivity contribution < 1.29 is 14.6 Å². The second-order valence-electron chi connectivity index (χ2n) is 2.44. The van der Waals surface area contributed by atoms with Crippen molar-refractivity contribution in [1.29, 1.82) is 0 Å². The topological polar surface area (TPSA) is 46.5 Å². The van der Waals surface area contributed by atoms with Crippen LogP contribution >= 0.6 is 0 Å². The Morgan fingerprint density at radius 2 is 2.27 bits per heavy atom. The number of aliphatic hydroxyl groups is 1. The highest BCUT2D eigenvalue weighted by Crippen LogP contribution is 1.95. The van der Waals surface area contributed by atoms with E-state index in [-0.39, 0.29) is 6.61 Å². The minimum Gasteiger partial charge on any atom is -0.460 e. The Morgan fingerprint density at radius 3 is 2.64 bits per heavy atom. The van der Waals surface area contributed by atoms with Gasteiger partial charge in [-0.25, -0.2) is 4.79 Å². The van der Waals surface area contributed by atoms with E-state index in [1.54, 1.807) is 6.92 Å². The van der Waals surface area contributed by atoms with Gasteiger partial charge in [-0.2, -0.15) is 0 Å². The normalized spacial score (nSPS) is 12.3. The number of rotatable bonds is 4. The summed E-state index contributed by atoms with van der Waals surface area (Å²) in [6, 6.07) is 0. The minimum absolute atomic E-state index is 0.0577. The average molecular weight is 158 g/mol. The first-order chi connectivity index (χ1) is 5.07. The SMILES string of the molecule is C=C(C)C(=O)OC[C@H](O)CC. The number of aliphatic hydroxyl groups excluding tert-OH is 1. The first-order valence-electron chi connectivity index (χ1n) is 3.58. The van der Waals surface area contributed by atoms with Crippen LogP contribution in [0.25, 0.3) is 0 Å². The lowest BCUT2D eigenvalue weighted by molar-refractivity contribution is -0.141. The van der Waals surface area contributed by atoms with Crippen molar-refractivity contribution in [3.63, 3.8) is 0 Å². The molecule has 0 rings (SSSR count). The molecule has 0 saturated heterocycles. The molecule has 3 nitrogen and oxygen atoms in total. The Balaban J connectivity index is 3.54. The molecule has 0 heterocycles. The Hall–Kier alpha value is -0.830. The lowest BCUT2D eigenvalue weighted by atomic mass is 10.3. The van der Waals surface area contributed by atoms with E-state index in [0.29, 0.717) is 12.0 Å². The maximum absolute atomic E-state index is 10.7. The first-order valence-corrected chi connectivity index (χ1v) is 3.58. The Morgan fingerprint density at radius 1 is 1.73 bits per heavy atom. The smallest absolute Gasteiger partial charge is 0.333 e. The average Bonchev–Trinajstić information content (AvgIpc) is 1.99. The summed E-state index contributed by atoms with van der Waals surface area (Å²) in [5, 5.41) is 8.98. The summed E-state index contributed by atoms with van der Waals surface area (Å²) in [5.74, 6) is -0.447. The number of hydrogen-bond donors (Lipinski definition) is 1. The van der Waals surface area contributed by atoms with Crippen LogP contribution in [-0.4, -0.2) is 23.8 Å². The number of carbonyl (C=O) groups is 1. The van der Waals surface area contributed by atoms with E-state index < -0.39 is 12.1 Å². The van der Waals surface area contributed by atoms with Crippen molar-refractivity contribution >= 4 is 5.97 Å². The van der Waals surface area contributed by atoms with E-state index in [1.165, 1.54) is 0 Å². The predicted molar refractivity (Wildman–Crippen MR) is 42.1 cm³/mol. The molecule has 64 valence electrons. The van der Waals surface area contributed by atoms with Gasteiger partial charge in [0.25, 0.3) is 0 Å². The zero-order valence-electron chi connectivity index (χ0n) is 6.96. The third-order valence-electron chi connectivity index (χ3n) is 1.23. The van der Waals surface area contributed by atoms with Gasteiger partial charge in [-0.3, -0.25) is 0 Å². The molecule has 0 aromatic heterocycles. The summed E-state index contributed by atoms with van der Waals surface area (Å²) in [4.78, 5) is 10.7. The lowest BCUT2D eigenvalue weighted by Gasteiger charge is -2.07. The van der Waals surface area contributed by atoms with Crippen molar-refractivity contribution in [2.45, 2.75) is 26.4 Å². The number of carbonyl (C=O) groups excluding carboxylic acids is 1. The summed E-state index contributed by atoms with van der Waals surface area (Å²) < 4.78 is 4.67. The van der Waals surface area contributed by atoms with Crippen molar-refractivity contribution in [1.82, 2.24) is 0 Å². The highest BCUT2D eigenvalue weighted by atomic mass is 16.5. The second kappa shape index (κ2) is 4.91. The predicted octanol–water partition coefficient (Wildman–Crippen LogP) is 0.877. The Kier molecular flexibility index (Phi) is 4.54. The van der Waals surface area contributed by atoms with Gasteiger partial charge >= 0.3 is 5.97 Å². The van der Waals surface area contributed by atoms with Crippen LogP contribution in [0.3, 0.4) is 0 Å². The molecule has 0 fully saturated rings. The molecule has 0 aliphatic carbocycles. The zero-order valence-corrected chi connectivity index (χ0v) is 6.96. The molecule has 0 aromatic rings. The summed E-state index contributed by atoms with van der Waals surface area (Å²) in [5.41, 5.74) is 0.355. The Labute approximate surface area is 66.7 Å². The second-order valence-corrected chi connectivity index (χ2v) is 2.44. The van der Waals surface area contributed by atoms with E-state index in [1.807, 2.05) is 6.92 Å². The van der Waals surface area contributed by atoms with E-state index >= 15 is 0 Å². The molecule has 1 atom stereocenters. The quantitative estimate of drug-likeness (QED) is 0.488. The van der Waals surface area contributed by atoms with Gasteiger partial charge < -0.3 is 9.84 Å². The third-order valence-corrected chi connectivity index (χ3v) is 1.23. The lowest BCUT2D eigenvalue weighted by Crippen LogP contribution is -2.17. The maximum atomic E-state index is 10.7. The fraction of sp³-hybridized carbons (Fsp3) is 0.625. The minimum atomic E-state index is -0.557. The highest BCUT2D eigenvalue weighted by molar-refractivity contribution is 5.86. The molecule has 3 heteroatoms. The monoisotopic (exact) mass is 158 g/mol. The van der Waals surface area contributed by atoms with E-state index in [4.69, 9.17) is 5.11 Å². The maximum Gasteiger partial charge on any atom is 0.333 e. The zero-order chi connectivity index (χ0) is 8.85. The van der Waals surface area contributed by atoms with Gasteiger partial charge in [-0.1, -0.05) is 13.5 Å². The van der Waals surface area contributed by atoms with E-state index in [9.17, 15) is 4.79 Å². The van der Waals surface area contributed by atoms with Gasteiger partial charge in [0, 0.05) is 5.57 Å². The Bertz CT molecular complexity index is 151. The van der Waals surface area contributed by atoms with Crippen molar-refractivity contribution in [3.8, 4) is 0 Å². The highest BCUT2D eigenvalue weighted by Gasteiger charge is 2.06. The van der Waals surface area contributed by atoms with Crippen LogP contribution in [0.15, 0.2) is 12.2 Å². The van der Waals surface area contributed by atoms with Crippen molar-refractivity contribution in [2.24, 2.45) is 0 Å². The molecule has 0 amide bonds. The molecule has 0 aromatic carbocycles. The van der Waals surface area contributed by atoms with Crippen LogP contribution in [0.4, 0.5) is 0 Å². The number of esters is 1. The van der Waals surface area contributed by atoms with Gasteiger partial charge in [0.05, 0.1) is 6.10 Å². The van der Waals surface area contributed by atoms with Crippen LogP contribution in [0, 0.1) is 0 Å². The molecular weight excluding hydrogens is 144 g/mol. The molecule has 0 aliphatic heterocycles. The van der Waals surface area contributed by atoms with Crippen LogP contribution in [0.2, 0.25) is 0 Å². The molecular formula is C8H14O3. The van der Waals surface area contributed by atoms with Crippen molar-refractivity contribution in [3.05, 3.63) is 12.2 Å². The fourth-order valence-electron chi connectivity index (χ4n) is 0.413. The largest absolute Gasteiger partial charge is 0.460 e. The van der Waals surface area contributed by atoms with E-state index in [0.717, 1.165) is 0 Å². The fourth-order valence-corrected chi connectivity index (χ4v) is 0.413.